The summed E-state index contributed by atoms with van der Waals surface area (Å²) in [6.45, 7) is 0.660. The van der Waals surface area contributed by atoms with Crippen LogP contribution < -0.4 is 9.62 Å². The van der Waals surface area contributed by atoms with Gasteiger partial charge in [0.2, 0.25) is 10.0 Å². The molecule has 0 aliphatic carbocycles. The second kappa shape index (κ2) is 6.94. The van der Waals surface area contributed by atoms with E-state index in [1.165, 1.54) is 0 Å². The Balaban J connectivity index is 1.90. The first-order valence-electron chi connectivity index (χ1n) is 7.56. The second-order valence-corrected chi connectivity index (χ2v) is 8.62. The molecule has 0 unspecified atom stereocenters. The number of benzene rings is 2. The van der Waals surface area contributed by atoms with Gasteiger partial charge in [0.25, 0.3) is 5.91 Å². The highest BCUT2D eigenvalue weighted by Crippen LogP contribution is 2.31. The molecule has 1 aliphatic rings. The number of carbonyl (C=O) groups excluding carboxylic acids is 1. The van der Waals surface area contributed by atoms with Gasteiger partial charge in [-0.25, -0.2) is 8.42 Å². The molecule has 24 heavy (non-hydrogen) atoms. The van der Waals surface area contributed by atoms with Gasteiger partial charge in [0, 0.05) is 23.5 Å². The fourth-order valence-corrected chi connectivity index (χ4v) is 3.70. The predicted octanol–water partition coefficient (Wildman–Crippen LogP) is 3.37. The summed E-state index contributed by atoms with van der Waals surface area (Å²) in [4.78, 5) is 14.5. The number of amides is 1. The Morgan fingerprint density at radius 3 is 2.62 bits per heavy atom. The average Bonchev–Trinajstić information content (AvgIpc) is 2.61. The Bertz CT molecular complexity index is 853. The number of hydrogen-bond donors (Lipinski definition) is 1. The van der Waals surface area contributed by atoms with Gasteiger partial charge in [-0.2, -0.15) is 0 Å². The summed E-state index contributed by atoms with van der Waals surface area (Å²) in [6, 6.07) is 14.5. The van der Waals surface area contributed by atoms with E-state index in [4.69, 9.17) is 0 Å². The molecular formula is C17H17BrN2O3S. The van der Waals surface area contributed by atoms with E-state index in [1.54, 1.807) is 35.2 Å². The van der Waals surface area contributed by atoms with Crippen molar-refractivity contribution in [3.05, 3.63) is 59.7 Å². The molecule has 0 radical (unpaired) electrons. The van der Waals surface area contributed by atoms with Gasteiger partial charge in [-0.1, -0.05) is 34.1 Å². The molecule has 1 heterocycles. The van der Waals surface area contributed by atoms with Crippen molar-refractivity contribution >= 4 is 43.2 Å². The molecule has 0 saturated heterocycles. The molecule has 0 aromatic heterocycles. The molecule has 1 N–H and O–H groups in total. The van der Waals surface area contributed by atoms with Gasteiger partial charge in [-0.05, 0) is 48.7 Å². The molecule has 1 aliphatic heterocycles. The molecule has 0 spiro atoms. The topological polar surface area (TPSA) is 66.5 Å². The van der Waals surface area contributed by atoms with Gasteiger partial charge in [-0.3, -0.25) is 9.52 Å². The van der Waals surface area contributed by atoms with Crippen LogP contribution in [0.1, 0.15) is 22.3 Å². The van der Waals surface area contributed by atoms with Gasteiger partial charge < -0.3 is 4.90 Å². The molecule has 3 rings (SSSR count). The summed E-state index contributed by atoms with van der Waals surface area (Å²) in [5, 5.41) is 0. The number of rotatable bonds is 4. The molecule has 7 heteroatoms. The van der Waals surface area contributed by atoms with E-state index in [0.717, 1.165) is 24.1 Å². The molecule has 0 fully saturated rings. The first kappa shape index (κ1) is 17.0. The monoisotopic (exact) mass is 408 g/mol. The SMILES string of the molecule is O=C(c1ccccc1)N1CCCc2cc(NS(=O)(=O)CBr)ccc21. The zero-order chi connectivity index (χ0) is 17.2. The van der Waals surface area contributed by atoms with E-state index in [2.05, 4.69) is 20.7 Å². The van der Waals surface area contributed by atoms with Gasteiger partial charge in [0.1, 0.15) is 4.66 Å². The molecule has 0 saturated carbocycles. The van der Waals surface area contributed by atoms with E-state index < -0.39 is 10.0 Å². The first-order valence-corrected chi connectivity index (χ1v) is 10.3. The zero-order valence-electron chi connectivity index (χ0n) is 12.9. The Kier molecular flexibility index (Phi) is 4.91. The molecule has 2 aromatic carbocycles. The first-order chi connectivity index (χ1) is 11.5. The highest BCUT2D eigenvalue weighted by molar-refractivity contribution is 9.10. The normalized spacial score (nSPS) is 14.1. The number of nitrogens with zero attached hydrogens (tertiary/aromatic N) is 1. The molecule has 5 nitrogen and oxygen atoms in total. The minimum atomic E-state index is -3.39. The van der Waals surface area contributed by atoms with Crippen LogP contribution in [0.15, 0.2) is 48.5 Å². The lowest BCUT2D eigenvalue weighted by atomic mass is 10.00. The van der Waals surface area contributed by atoms with Crippen LogP contribution in [-0.4, -0.2) is 25.5 Å². The third-order valence-corrected chi connectivity index (χ3v) is 6.52. The molecule has 0 atom stereocenters. The van der Waals surface area contributed by atoms with Crippen LogP contribution in [0.2, 0.25) is 0 Å². The van der Waals surface area contributed by atoms with Crippen molar-refractivity contribution in [2.45, 2.75) is 12.8 Å². The maximum absolute atomic E-state index is 12.7. The number of aryl methyl sites for hydroxylation is 1. The number of nitrogens with one attached hydrogen (secondary N) is 1. The van der Waals surface area contributed by atoms with Gasteiger partial charge in [-0.15, -0.1) is 0 Å². The van der Waals surface area contributed by atoms with Crippen LogP contribution in [0, 0.1) is 0 Å². The minimum Gasteiger partial charge on any atom is -0.308 e. The summed E-state index contributed by atoms with van der Waals surface area (Å²) in [6.07, 6.45) is 1.66. The highest BCUT2D eigenvalue weighted by Gasteiger charge is 2.24. The zero-order valence-corrected chi connectivity index (χ0v) is 15.3. The largest absolute Gasteiger partial charge is 0.308 e. The number of sulfonamides is 1. The molecule has 2 aromatic rings. The lowest BCUT2D eigenvalue weighted by Crippen LogP contribution is -2.35. The maximum Gasteiger partial charge on any atom is 0.258 e. The molecule has 126 valence electrons. The minimum absolute atomic E-state index is 0.0367. The predicted molar refractivity (Wildman–Crippen MR) is 99.2 cm³/mol. The van der Waals surface area contributed by atoms with E-state index in [9.17, 15) is 13.2 Å². The van der Waals surface area contributed by atoms with Crippen LogP contribution in [0.5, 0.6) is 0 Å². The lowest BCUT2D eigenvalue weighted by molar-refractivity contribution is 0.0985. The van der Waals surface area contributed by atoms with Crippen LogP contribution in [0.4, 0.5) is 11.4 Å². The number of hydrogen-bond acceptors (Lipinski definition) is 3. The van der Waals surface area contributed by atoms with Crippen molar-refractivity contribution in [3.63, 3.8) is 0 Å². The Morgan fingerprint density at radius 2 is 1.92 bits per heavy atom. The van der Waals surface area contributed by atoms with Crippen molar-refractivity contribution in [2.24, 2.45) is 0 Å². The number of halogens is 1. The van der Waals surface area contributed by atoms with Crippen LogP contribution >= 0.6 is 15.9 Å². The molecular weight excluding hydrogens is 392 g/mol. The highest BCUT2D eigenvalue weighted by atomic mass is 79.9. The number of alkyl halides is 1. The van der Waals surface area contributed by atoms with Crippen LogP contribution in [-0.2, 0) is 16.4 Å². The van der Waals surface area contributed by atoms with Crippen molar-refractivity contribution < 1.29 is 13.2 Å². The van der Waals surface area contributed by atoms with E-state index in [-0.39, 0.29) is 10.6 Å². The average molecular weight is 409 g/mol. The van der Waals surface area contributed by atoms with E-state index in [1.807, 2.05) is 18.2 Å². The Morgan fingerprint density at radius 1 is 1.17 bits per heavy atom. The Hall–Kier alpha value is -1.86. The van der Waals surface area contributed by atoms with E-state index >= 15 is 0 Å². The maximum atomic E-state index is 12.7. The third kappa shape index (κ3) is 3.62. The van der Waals surface area contributed by atoms with E-state index in [0.29, 0.717) is 17.8 Å². The van der Waals surface area contributed by atoms with Gasteiger partial charge in [0.15, 0.2) is 0 Å². The summed E-state index contributed by atoms with van der Waals surface area (Å²) < 4.78 is 25.7. The molecule has 1 amide bonds. The van der Waals surface area contributed by atoms with Gasteiger partial charge in [0.05, 0.1) is 0 Å². The fraction of sp³-hybridized carbons (Fsp3) is 0.235. The number of carbonyl (C=O) groups is 1. The van der Waals surface area contributed by atoms with Crippen molar-refractivity contribution in [1.29, 1.82) is 0 Å². The summed E-state index contributed by atoms with van der Waals surface area (Å²) in [7, 11) is -3.39. The molecule has 0 bridgehead atoms. The third-order valence-electron chi connectivity index (χ3n) is 3.88. The van der Waals surface area contributed by atoms with Crippen molar-refractivity contribution in [2.75, 3.05) is 20.8 Å². The Labute approximate surface area is 149 Å². The van der Waals surface area contributed by atoms with Crippen molar-refractivity contribution in [3.8, 4) is 0 Å². The number of anilines is 2. The number of fused-ring (bicyclic) bond motifs is 1. The quantitative estimate of drug-likeness (QED) is 0.788. The summed E-state index contributed by atoms with van der Waals surface area (Å²) in [5.41, 5.74) is 2.98. The van der Waals surface area contributed by atoms with Crippen molar-refractivity contribution in [1.82, 2.24) is 0 Å². The fourth-order valence-electron chi connectivity index (χ4n) is 2.81. The lowest BCUT2D eigenvalue weighted by Gasteiger charge is -2.30. The van der Waals surface area contributed by atoms with Crippen LogP contribution in [0.3, 0.4) is 0 Å². The summed E-state index contributed by atoms with van der Waals surface area (Å²) >= 11 is 2.95. The second-order valence-electron chi connectivity index (χ2n) is 5.60. The smallest absolute Gasteiger partial charge is 0.258 e. The van der Waals surface area contributed by atoms with Crippen LogP contribution in [0.25, 0.3) is 0 Å². The standard InChI is InChI=1S/C17H17BrN2O3S/c18-12-24(22,23)19-15-8-9-16-14(11-15)7-4-10-20(16)17(21)13-5-2-1-3-6-13/h1-3,5-6,8-9,11,19H,4,7,10,12H2. The summed E-state index contributed by atoms with van der Waals surface area (Å²) in [5.74, 6) is -0.0367. The van der Waals surface area contributed by atoms with Gasteiger partial charge >= 0.3 is 0 Å².